The number of aromatic nitrogens is 4. The predicted molar refractivity (Wildman–Crippen MR) is 116 cm³/mol. The first-order valence-corrected chi connectivity index (χ1v) is 9.41. The van der Waals surface area contributed by atoms with Crippen LogP contribution in [-0.4, -0.2) is 47.7 Å². The number of fused-ring (bicyclic) bond motifs is 3. The summed E-state index contributed by atoms with van der Waals surface area (Å²) in [6.45, 7) is 2.12. The molecule has 0 saturated carbocycles. The van der Waals surface area contributed by atoms with Gasteiger partial charge in [0, 0.05) is 16.5 Å². The number of hydrogen-bond donors (Lipinski definition) is 2. The smallest absolute Gasteiger partial charge is 0.265 e. The molecule has 0 fully saturated rings. The SMILES string of the molecule is CCc1ccc2[nH]c3nc(N/N=C/c4cc(OC)c(OC)c(OC)c4)nnc3c2c1. The van der Waals surface area contributed by atoms with E-state index in [1.165, 1.54) is 5.56 Å². The topological polar surface area (TPSA) is 107 Å². The van der Waals surface area contributed by atoms with Crippen LogP contribution < -0.4 is 19.6 Å². The van der Waals surface area contributed by atoms with Gasteiger partial charge in [0.05, 0.1) is 27.5 Å². The fourth-order valence-electron chi connectivity index (χ4n) is 3.23. The summed E-state index contributed by atoms with van der Waals surface area (Å²) in [6.07, 6.45) is 2.57. The molecular weight excluding hydrogens is 384 g/mol. The van der Waals surface area contributed by atoms with Crippen molar-refractivity contribution >= 4 is 34.2 Å². The van der Waals surface area contributed by atoms with Gasteiger partial charge in [0.25, 0.3) is 5.95 Å². The first-order chi connectivity index (χ1) is 14.7. The lowest BCUT2D eigenvalue weighted by molar-refractivity contribution is 0.324. The molecular formula is C21H22N6O3. The van der Waals surface area contributed by atoms with Crippen molar-refractivity contribution < 1.29 is 14.2 Å². The summed E-state index contributed by atoms with van der Waals surface area (Å²) in [4.78, 5) is 7.74. The average molecular weight is 406 g/mol. The number of hydrogen-bond acceptors (Lipinski definition) is 8. The Balaban J connectivity index is 1.59. The van der Waals surface area contributed by atoms with Crippen molar-refractivity contribution in [2.24, 2.45) is 5.10 Å². The second-order valence-corrected chi connectivity index (χ2v) is 6.52. The Kier molecular flexibility index (Phi) is 5.34. The number of benzene rings is 2. The summed E-state index contributed by atoms with van der Waals surface area (Å²) in [7, 11) is 4.69. The third-order valence-corrected chi connectivity index (χ3v) is 4.75. The largest absolute Gasteiger partial charge is 0.493 e. The van der Waals surface area contributed by atoms with E-state index in [4.69, 9.17) is 14.2 Å². The lowest BCUT2D eigenvalue weighted by Gasteiger charge is -2.12. The zero-order chi connectivity index (χ0) is 21.1. The van der Waals surface area contributed by atoms with Gasteiger partial charge in [0.1, 0.15) is 5.52 Å². The maximum atomic E-state index is 5.35. The monoisotopic (exact) mass is 406 g/mol. The molecule has 2 heterocycles. The molecule has 2 aromatic heterocycles. The lowest BCUT2D eigenvalue weighted by Crippen LogP contribution is -2.00. The van der Waals surface area contributed by atoms with E-state index in [1.54, 1.807) is 39.7 Å². The van der Waals surface area contributed by atoms with Crippen molar-refractivity contribution in [3.63, 3.8) is 0 Å². The summed E-state index contributed by atoms with van der Waals surface area (Å²) in [5, 5.41) is 13.7. The summed E-state index contributed by atoms with van der Waals surface area (Å²) in [6, 6.07) is 9.81. The molecule has 2 N–H and O–H groups in total. The fourth-order valence-corrected chi connectivity index (χ4v) is 3.23. The van der Waals surface area contributed by atoms with E-state index in [1.807, 2.05) is 6.07 Å². The van der Waals surface area contributed by atoms with Crippen LogP contribution in [0.15, 0.2) is 35.4 Å². The van der Waals surface area contributed by atoms with Gasteiger partial charge in [0.15, 0.2) is 17.1 Å². The number of H-pyrrole nitrogens is 1. The van der Waals surface area contributed by atoms with Crippen molar-refractivity contribution in [3.05, 3.63) is 41.5 Å². The molecule has 154 valence electrons. The van der Waals surface area contributed by atoms with Gasteiger partial charge >= 0.3 is 0 Å². The van der Waals surface area contributed by atoms with E-state index in [9.17, 15) is 0 Å². The molecule has 4 aromatic rings. The van der Waals surface area contributed by atoms with E-state index in [2.05, 4.69) is 49.7 Å². The number of aromatic amines is 1. The molecule has 0 aliphatic rings. The Hall–Kier alpha value is -3.88. The number of rotatable bonds is 7. The summed E-state index contributed by atoms with van der Waals surface area (Å²) < 4.78 is 16.0. The Morgan fingerprint density at radius 2 is 1.80 bits per heavy atom. The molecule has 0 amide bonds. The van der Waals surface area contributed by atoms with Crippen LogP contribution in [0, 0.1) is 0 Å². The first kappa shape index (κ1) is 19.4. The molecule has 2 aromatic carbocycles. The zero-order valence-electron chi connectivity index (χ0n) is 17.2. The van der Waals surface area contributed by atoms with Gasteiger partial charge in [-0.05, 0) is 36.2 Å². The minimum atomic E-state index is 0.286. The maximum absolute atomic E-state index is 5.35. The van der Waals surface area contributed by atoms with Gasteiger partial charge in [-0.3, -0.25) is 0 Å². The molecule has 0 bridgehead atoms. The number of nitrogens with one attached hydrogen (secondary N) is 2. The molecule has 0 saturated heterocycles. The highest BCUT2D eigenvalue weighted by atomic mass is 16.5. The summed E-state index contributed by atoms with van der Waals surface area (Å²) in [5.74, 6) is 1.89. The number of anilines is 1. The normalized spacial score (nSPS) is 11.3. The predicted octanol–water partition coefficient (Wildman–Crippen LogP) is 3.54. The van der Waals surface area contributed by atoms with Gasteiger partial charge < -0.3 is 19.2 Å². The molecule has 4 rings (SSSR count). The highest BCUT2D eigenvalue weighted by Gasteiger charge is 2.12. The first-order valence-electron chi connectivity index (χ1n) is 9.41. The highest BCUT2D eigenvalue weighted by molar-refractivity contribution is 6.03. The number of ether oxygens (including phenoxy) is 3. The van der Waals surface area contributed by atoms with E-state index in [0.29, 0.717) is 22.9 Å². The molecule has 0 radical (unpaired) electrons. The van der Waals surface area contributed by atoms with Crippen LogP contribution in [0.4, 0.5) is 5.95 Å². The number of methoxy groups -OCH3 is 3. The number of aryl methyl sites for hydroxylation is 1. The number of nitrogens with zero attached hydrogens (tertiary/aromatic N) is 4. The lowest BCUT2D eigenvalue weighted by atomic mass is 10.1. The Morgan fingerprint density at radius 3 is 2.47 bits per heavy atom. The molecule has 9 nitrogen and oxygen atoms in total. The van der Waals surface area contributed by atoms with Gasteiger partial charge in [-0.25, -0.2) is 5.43 Å². The summed E-state index contributed by atoms with van der Waals surface area (Å²) in [5.41, 5.74) is 7.16. The van der Waals surface area contributed by atoms with Crippen LogP contribution >= 0.6 is 0 Å². The molecule has 0 aliphatic heterocycles. The number of hydrazone groups is 1. The zero-order valence-corrected chi connectivity index (χ0v) is 17.2. The minimum absolute atomic E-state index is 0.286. The highest BCUT2D eigenvalue weighted by Crippen LogP contribution is 2.37. The van der Waals surface area contributed by atoms with Crippen LogP contribution in [0.1, 0.15) is 18.1 Å². The fraction of sp³-hybridized carbons (Fsp3) is 0.238. The Morgan fingerprint density at radius 1 is 1.03 bits per heavy atom. The van der Waals surface area contributed by atoms with Crippen LogP contribution in [0.2, 0.25) is 0 Å². The van der Waals surface area contributed by atoms with E-state index >= 15 is 0 Å². The minimum Gasteiger partial charge on any atom is -0.493 e. The second-order valence-electron chi connectivity index (χ2n) is 6.52. The van der Waals surface area contributed by atoms with Gasteiger partial charge in [-0.1, -0.05) is 13.0 Å². The third-order valence-electron chi connectivity index (χ3n) is 4.75. The van der Waals surface area contributed by atoms with Crippen LogP contribution in [0.5, 0.6) is 17.2 Å². The van der Waals surface area contributed by atoms with Crippen molar-refractivity contribution in [2.75, 3.05) is 26.8 Å². The van der Waals surface area contributed by atoms with Gasteiger partial charge in [-0.15, -0.1) is 10.2 Å². The van der Waals surface area contributed by atoms with Crippen molar-refractivity contribution in [2.45, 2.75) is 13.3 Å². The summed E-state index contributed by atoms with van der Waals surface area (Å²) >= 11 is 0. The van der Waals surface area contributed by atoms with E-state index < -0.39 is 0 Å². The molecule has 0 atom stereocenters. The second kappa shape index (κ2) is 8.24. The Labute approximate surface area is 173 Å². The van der Waals surface area contributed by atoms with Gasteiger partial charge in [-0.2, -0.15) is 10.1 Å². The quantitative estimate of drug-likeness (QED) is 0.357. The van der Waals surface area contributed by atoms with Crippen LogP contribution in [0.25, 0.3) is 22.1 Å². The van der Waals surface area contributed by atoms with E-state index in [0.717, 1.165) is 28.4 Å². The Bertz CT molecular complexity index is 1210. The van der Waals surface area contributed by atoms with Crippen molar-refractivity contribution in [1.82, 2.24) is 20.2 Å². The van der Waals surface area contributed by atoms with Crippen LogP contribution in [0.3, 0.4) is 0 Å². The van der Waals surface area contributed by atoms with Crippen LogP contribution in [-0.2, 0) is 6.42 Å². The standard InChI is InChI=1S/C21H22N6O3/c1-5-12-6-7-15-14(8-12)18-20(23-15)24-21(27-25-18)26-22-11-13-9-16(28-2)19(30-4)17(10-13)29-3/h6-11H,5H2,1-4H3,(H2,23,24,26,27)/b22-11+. The molecule has 9 heteroatoms. The van der Waals surface area contributed by atoms with Crippen molar-refractivity contribution in [1.29, 1.82) is 0 Å². The molecule has 30 heavy (non-hydrogen) atoms. The van der Waals surface area contributed by atoms with E-state index in [-0.39, 0.29) is 5.95 Å². The maximum Gasteiger partial charge on any atom is 0.265 e. The molecule has 0 unspecified atom stereocenters. The average Bonchev–Trinajstić information content (AvgIpc) is 3.15. The van der Waals surface area contributed by atoms with Gasteiger partial charge in [0.2, 0.25) is 5.75 Å². The van der Waals surface area contributed by atoms with Crippen molar-refractivity contribution in [3.8, 4) is 17.2 Å². The third kappa shape index (κ3) is 3.57. The molecule has 0 spiro atoms. The molecule has 0 aliphatic carbocycles.